The van der Waals surface area contributed by atoms with Gasteiger partial charge in [-0.2, -0.15) is 0 Å². The van der Waals surface area contributed by atoms with E-state index in [-0.39, 0.29) is 6.42 Å². The summed E-state index contributed by atoms with van der Waals surface area (Å²) in [6.07, 6.45) is -0.334. The average Bonchev–Trinajstić information content (AvgIpc) is 1.85. The molecule has 0 saturated carbocycles. The van der Waals surface area contributed by atoms with Gasteiger partial charge in [-0.15, -0.1) is 0 Å². The predicted octanol–water partition coefficient (Wildman–Crippen LogP) is -1.47. The number of rotatable bonds is 3. The molecule has 5 nitrogen and oxygen atoms in total. The Kier molecular flexibility index (Phi) is 3.42. The SMILES string of the molecule is CNC(=O)[C@H](N)CC(=O)O. The number of carbonyl (C=O) groups is 2. The van der Waals surface area contributed by atoms with Crippen molar-refractivity contribution in [2.75, 3.05) is 7.05 Å². The van der Waals surface area contributed by atoms with E-state index in [0.717, 1.165) is 0 Å². The highest BCUT2D eigenvalue weighted by atomic mass is 16.4. The van der Waals surface area contributed by atoms with E-state index in [1.807, 2.05) is 0 Å². The van der Waals surface area contributed by atoms with Gasteiger partial charge in [0.1, 0.15) is 0 Å². The number of nitrogens with one attached hydrogen (secondary N) is 1. The Labute approximate surface area is 58.2 Å². The van der Waals surface area contributed by atoms with Gasteiger partial charge in [-0.3, -0.25) is 9.59 Å². The van der Waals surface area contributed by atoms with Crippen LogP contribution < -0.4 is 11.1 Å². The second-order valence-corrected chi connectivity index (χ2v) is 1.82. The molecule has 0 aliphatic carbocycles. The van der Waals surface area contributed by atoms with Crippen molar-refractivity contribution in [3.8, 4) is 0 Å². The molecule has 0 rings (SSSR count). The Balaban J connectivity index is 3.72. The summed E-state index contributed by atoms with van der Waals surface area (Å²) in [5.41, 5.74) is 5.14. The quantitative estimate of drug-likeness (QED) is 0.453. The number of carbonyl (C=O) groups excluding carboxylic acids is 1. The molecule has 0 bridgehead atoms. The van der Waals surface area contributed by atoms with Crippen molar-refractivity contribution >= 4 is 11.9 Å². The van der Waals surface area contributed by atoms with Crippen molar-refractivity contribution in [2.45, 2.75) is 12.5 Å². The number of aliphatic carboxylic acids is 1. The lowest BCUT2D eigenvalue weighted by molar-refractivity contribution is -0.139. The maximum absolute atomic E-state index is 10.5. The van der Waals surface area contributed by atoms with Crippen molar-refractivity contribution in [1.29, 1.82) is 0 Å². The van der Waals surface area contributed by atoms with Crippen LogP contribution in [0.2, 0.25) is 0 Å². The third-order valence-electron chi connectivity index (χ3n) is 0.978. The van der Waals surface area contributed by atoms with Crippen molar-refractivity contribution in [1.82, 2.24) is 5.32 Å². The van der Waals surface area contributed by atoms with Gasteiger partial charge in [-0.1, -0.05) is 0 Å². The minimum atomic E-state index is -1.07. The first-order chi connectivity index (χ1) is 4.57. The summed E-state index contributed by atoms with van der Waals surface area (Å²) in [5, 5.41) is 10.4. The van der Waals surface area contributed by atoms with E-state index in [2.05, 4.69) is 5.32 Å². The van der Waals surface area contributed by atoms with Crippen LogP contribution in [0.1, 0.15) is 6.42 Å². The molecule has 0 fully saturated rings. The molecule has 4 N–H and O–H groups in total. The molecule has 5 heteroatoms. The van der Waals surface area contributed by atoms with Gasteiger partial charge < -0.3 is 16.2 Å². The van der Waals surface area contributed by atoms with E-state index in [4.69, 9.17) is 10.8 Å². The summed E-state index contributed by atoms with van der Waals surface area (Å²) < 4.78 is 0. The van der Waals surface area contributed by atoms with Crippen LogP contribution in [0.5, 0.6) is 0 Å². The van der Waals surface area contributed by atoms with Gasteiger partial charge in [0.25, 0.3) is 0 Å². The molecule has 0 aliphatic heterocycles. The van der Waals surface area contributed by atoms with Crippen LogP contribution in [0.15, 0.2) is 0 Å². The van der Waals surface area contributed by atoms with E-state index in [0.29, 0.717) is 0 Å². The van der Waals surface area contributed by atoms with Gasteiger partial charge in [-0.25, -0.2) is 0 Å². The highest BCUT2D eigenvalue weighted by molar-refractivity contribution is 5.85. The van der Waals surface area contributed by atoms with E-state index in [9.17, 15) is 9.59 Å². The fourth-order valence-electron chi connectivity index (χ4n) is 0.466. The van der Waals surface area contributed by atoms with E-state index >= 15 is 0 Å². The average molecular weight is 146 g/mol. The number of carboxylic acids is 1. The molecule has 0 aliphatic rings. The largest absolute Gasteiger partial charge is 0.481 e. The summed E-state index contributed by atoms with van der Waals surface area (Å²) in [7, 11) is 1.41. The minimum absolute atomic E-state index is 0.334. The highest BCUT2D eigenvalue weighted by Gasteiger charge is 2.14. The second kappa shape index (κ2) is 3.84. The zero-order chi connectivity index (χ0) is 8.15. The molecule has 0 aromatic rings. The molecule has 1 atom stereocenters. The van der Waals surface area contributed by atoms with E-state index in [1.165, 1.54) is 7.05 Å². The molecular formula is C5H10N2O3. The molecule has 0 radical (unpaired) electrons. The Morgan fingerprint density at radius 1 is 1.70 bits per heavy atom. The first-order valence-corrected chi connectivity index (χ1v) is 2.77. The molecular weight excluding hydrogens is 136 g/mol. The molecule has 0 saturated heterocycles. The van der Waals surface area contributed by atoms with Crippen molar-refractivity contribution in [3.05, 3.63) is 0 Å². The molecule has 0 aromatic heterocycles. The highest BCUT2D eigenvalue weighted by Crippen LogP contribution is 1.86. The third kappa shape index (κ3) is 3.03. The van der Waals surface area contributed by atoms with Crippen molar-refractivity contribution in [2.24, 2.45) is 5.73 Å². The number of hydrogen-bond donors (Lipinski definition) is 3. The number of likely N-dealkylation sites (N-methyl/N-ethyl adjacent to an activating group) is 1. The van der Waals surface area contributed by atoms with Crippen LogP contribution in [0.25, 0.3) is 0 Å². The van der Waals surface area contributed by atoms with Crippen LogP contribution in [0, 0.1) is 0 Å². The fraction of sp³-hybridized carbons (Fsp3) is 0.600. The van der Waals surface area contributed by atoms with Gasteiger partial charge in [0, 0.05) is 7.05 Å². The van der Waals surface area contributed by atoms with Gasteiger partial charge in [0.05, 0.1) is 12.5 Å². The predicted molar refractivity (Wildman–Crippen MR) is 34.3 cm³/mol. The molecule has 0 unspecified atom stereocenters. The van der Waals surface area contributed by atoms with Gasteiger partial charge in [0.2, 0.25) is 5.91 Å². The van der Waals surface area contributed by atoms with Crippen molar-refractivity contribution < 1.29 is 14.7 Å². The number of carboxylic acid groups (broad SMARTS) is 1. The Morgan fingerprint density at radius 3 is 2.50 bits per heavy atom. The van der Waals surface area contributed by atoms with Gasteiger partial charge in [-0.05, 0) is 0 Å². The summed E-state index contributed by atoms with van der Waals surface area (Å²) in [4.78, 5) is 20.5. The Hall–Kier alpha value is -1.10. The molecule has 0 heterocycles. The van der Waals surface area contributed by atoms with Gasteiger partial charge in [0.15, 0.2) is 0 Å². The van der Waals surface area contributed by atoms with Crippen LogP contribution >= 0.6 is 0 Å². The Morgan fingerprint density at radius 2 is 2.20 bits per heavy atom. The molecule has 58 valence electrons. The Bertz CT molecular complexity index is 146. The lowest BCUT2D eigenvalue weighted by Crippen LogP contribution is -2.40. The summed E-state index contributed by atoms with van der Waals surface area (Å²) in [6.45, 7) is 0. The molecule has 0 aromatic carbocycles. The zero-order valence-electron chi connectivity index (χ0n) is 5.63. The monoisotopic (exact) mass is 146 g/mol. The smallest absolute Gasteiger partial charge is 0.305 e. The number of hydrogen-bond acceptors (Lipinski definition) is 3. The molecule has 1 amide bonds. The van der Waals surface area contributed by atoms with E-state index in [1.54, 1.807) is 0 Å². The van der Waals surface area contributed by atoms with Crippen LogP contribution in [-0.2, 0) is 9.59 Å². The summed E-state index contributed by atoms with van der Waals surface area (Å²) in [6, 6.07) is -0.942. The standard InChI is InChI=1S/C5H10N2O3/c1-7-5(10)3(6)2-4(8)9/h3H,2,6H2,1H3,(H,7,10)(H,8,9)/t3-/m1/s1. The first-order valence-electron chi connectivity index (χ1n) is 2.77. The molecule has 0 spiro atoms. The zero-order valence-corrected chi connectivity index (χ0v) is 5.63. The normalized spacial score (nSPS) is 12.2. The summed E-state index contributed by atoms with van der Waals surface area (Å²) >= 11 is 0. The maximum atomic E-state index is 10.5. The summed E-state index contributed by atoms with van der Waals surface area (Å²) in [5.74, 6) is -1.53. The van der Waals surface area contributed by atoms with Crippen LogP contribution in [-0.4, -0.2) is 30.1 Å². The van der Waals surface area contributed by atoms with Gasteiger partial charge >= 0.3 is 5.97 Å². The first kappa shape index (κ1) is 8.90. The number of nitrogens with two attached hydrogens (primary N) is 1. The number of amides is 1. The van der Waals surface area contributed by atoms with Crippen LogP contribution in [0.3, 0.4) is 0 Å². The maximum Gasteiger partial charge on any atom is 0.305 e. The van der Waals surface area contributed by atoms with Crippen LogP contribution in [0.4, 0.5) is 0 Å². The van der Waals surface area contributed by atoms with Crippen molar-refractivity contribution in [3.63, 3.8) is 0 Å². The minimum Gasteiger partial charge on any atom is -0.481 e. The lowest BCUT2D eigenvalue weighted by atomic mass is 10.2. The lowest BCUT2D eigenvalue weighted by Gasteiger charge is -2.04. The second-order valence-electron chi connectivity index (χ2n) is 1.82. The fourth-order valence-corrected chi connectivity index (χ4v) is 0.466. The van der Waals surface area contributed by atoms with E-state index < -0.39 is 17.9 Å². The third-order valence-corrected chi connectivity index (χ3v) is 0.978. The molecule has 10 heavy (non-hydrogen) atoms. The topological polar surface area (TPSA) is 92.4 Å².